The highest BCUT2D eigenvalue weighted by molar-refractivity contribution is 5.98. The number of pyridine rings is 1. The van der Waals surface area contributed by atoms with E-state index in [4.69, 9.17) is 4.74 Å². The number of hydrogen-bond donors (Lipinski definition) is 0. The highest BCUT2D eigenvalue weighted by Gasteiger charge is 2.37. The van der Waals surface area contributed by atoms with E-state index < -0.39 is 47.7 Å². The number of likely N-dealkylation sites (tertiary alicyclic amines) is 1. The molecule has 0 spiro atoms. The highest BCUT2D eigenvalue weighted by atomic mass is 19.4. The van der Waals surface area contributed by atoms with E-state index in [1.165, 1.54) is 42.5 Å². The largest absolute Gasteiger partial charge is 0.484 e. The smallest absolute Gasteiger partial charge is 0.422 e. The first kappa shape index (κ1) is 31.9. The molecule has 3 aromatic carbocycles. The maximum atomic E-state index is 13.7. The lowest BCUT2D eigenvalue weighted by molar-refractivity contribution is -0.153. The van der Waals surface area contributed by atoms with Crippen molar-refractivity contribution in [2.75, 3.05) is 19.7 Å². The normalized spacial score (nSPS) is 15.8. The number of benzene rings is 3. The van der Waals surface area contributed by atoms with Crippen molar-refractivity contribution in [3.8, 4) is 28.0 Å². The maximum Gasteiger partial charge on any atom is 0.422 e. The predicted octanol–water partition coefficient (Wildman–Crippen LogP) is 9.02. The summed E-state index contributed by atoms with van der Waals surface area (Å²) in [5, 5.41) is 0. The molecular formula is C32H23F9N2O2. The zero-order chi connectivity index (χ0) is 32.6. The molecule has 45 heavy (non-hydrogen) atoms. The lowest BCUT2D eigenvalue weighted by atomic mass is 9.90. The van der Waals surface area contributed by atoms with Gasteiger partial charge in [-0.25, -0.2) is 0 Å². The Bertz CT molecular complexity index is 1630. The van der Waals surface area contributed by atoms with Crippen molar-refractivity contribution in [2.45, 2.75) is 30.9 Å². The van der Waals surface area contributed by atoms with Crippen molar-refractivity contribution >= 4 is 5.91 Å². The number of nitrogens with zero attached hydrogens (tertiary/aromatic N) is 2. The summed E-state index contributed by atoms with van der Waals surface area (Å²) >= 11 is 0. The molecule has 4 aromatic rings. The molecule has 0 radical (unpaired) electrons. The molecule has 0 aliphatic carbocycles. The van der Waals surface area contributed by atoms with Crippen LogP contribution in [0, 0.1) is 0 Å². The topological polar surface area (TPSA) is 42.4 Å². The molecule has 0 N–H and O–H groups in total. The van der Waals surface area contributed by atoms with Crippen LogP contribution in [0.5, 0.6) is 5.75 Å². The molecule has 1 atom stereocenters. The van der Waals surface area contributed by atoms with Crippen LogP contribution in [0.2, 0.25) is 0 Å². The van der Waals surface area contributed by atoms with Gasteiger partial charge in [0.05, 0.1) is 11.1 Å². The van der Waals surface area contributed by atoms with Crippen molar-refractivity contribution in [2.24, 2.45) is 0 Å². The quantitative estimate of drug-likeness (QED) is 0.198. The Kier molecular flexibility index (Phi) is 8.56. The van der Waals surface area contributed by atoms with Gasteiger partial charge in [-0.15, -0.1) is 0 Å². The minimum atomic E-state index is -5.09. The van der Waals surface area contributed by atoms with Gasteiger partial charge in [-0.3, -0.25) is 9.78 Å². The van der Waals surface area contributed by atoms with Crippen LogP contribution in [-0.2, 0) is 12.4 Å². The third-order valence-corrected chi connectivity index (χ3v) is 7.36. The first-order valence-electron chi connectivity index (χ1n) is 13.5. The summed E-state index contributed by atoms with van der Waals surface area (Å²) in [5.74, 6) is -0.544. The van der Waals surface area contributed by atoms with Crippen molar-refractivity contribution in [3.63, 3.8) is 0 Å². The highest BCUT2D eigenvalue weighted by Crippen LogP contribution is 2.42. The van der Waals surface area contributed by atoms with Gasteiger partial charge in [0.1, 0.15) is 5.75 Å². The molecule has 13 heteroatoms. The van der Waals surface area contributed by atoms with Gasteiger partial charge in [0, 0.05) is 37.0 Å². The molecule has 5 rings (SSSR count). The fourth-order valence-corrected chi connectivity index (χ4v) is 5.19. The Hall–Kier alpha value is -4.55. The zero-order valence-corrected chi connectivity index (χ0v) is 23.1. The Morgan fingerprint density at radius 3 is 2.04 bits per heavy atom. The number of carbonyl (C=O) groups excluding carboxylic acids is 1. The van der Waals surface area contributed by atoms with Crippen LogP contribution in [0.25, 0.3) is 22.3 Å². The summed E-state index contributed by atoms with van der Waals surface area (Å²) in [6.07, 6.45) is -10.8. The molecule has 1 fully saturated rings. The standard InChI is InChI=1S/C32H23F9N2O2/c33-30(34,35)18-45-26-6-3-19(4-7-26)28-14-20(29(44)43-11-9-22(17-43)21-2-1-10-42-16-21)5-8-27(28)23-12-24(31(36,37)38)15-25(13-23)32(39,40)41/h1-8,10,12-16,22H,9,11,17-18H2. The molecular weight excluding hydrogens is 615 g/mol. The molecule has 1 aliphatic heterocycles. The van der Waals surface area contributed by atoms with Gasteiger partial charge < -0.3 is 9.64 Å². The van der Waals surface area contributed by atoms with Crippen LogP contribution in [0.3, 0.4) is 0 Å². The van der Waals surface area contributed by atoms with E-state index in [0.717, 1.165) is 5.56 Å². The summed E-state index contributed by atoms with van der Waals surface area (Å²) in [6, 6.07) is 13.8. The molecule has 1 unspecified atom stereocenters. The van der Waals surface area contributed by atoms with E-state index >= 15 is 0 Å². The van der Waals surface area contributed by atoms with Gasteiger partial charge in [0.15, 0.2) is 6.61 Å². The second-order valence-corrected chi connectivity index (χ2v) is 10.5. The van der Waals surface area contributed by atoms with Crippen LogP contribution < -0.4 is 4.74 Å². The molecule has 2 heterocycles. The number of ether oxygens (including phenoxy) is 1. The predicted molar refractivity (Wildman–Crippen MR) is 146 cm³/mol. The van der Waals surface area contributed by atoms with E-state index in [-0.39, 0.29) is 40.0 Å². The third kappa shape index (κ3) is 7.58. The number of carbonyl (C=O) groups is 1. The first-order chi connectivity index (χ1) is 21.1. The summed E-state index contributed by atoms with van der Waals surface area (Å²) in [7, 11) is 0. The Balaban J connectivity index is 1.56. The second kappa shape index (κ2) is 12.1. The van der Waals surface area contributed by atoms with Crippen molar-refractivity contribution in [1.82, 2.24) is 9.88 Å². The number of amides is 1. The number of alkyl halides is 9. The number of halogens is 9. The molecule has 236 valence electrons. The number of rotatable bonds is 6. The van der Waals surface area contributed by atoms with E-state index in [9.17, 15) is 44.3 Å². The molecule has 1 aliphatic rings. The molecule has 0 saturated carbocycles. The Labute approximate surface area is 251 Å². The average Bonchev–Trinajstić information content (AvgIpc) is 3.49. The van der Waals surface area contributed by atoms with Gasteiger partial charge in [0.2, 0.25) is 0 Å². The molecule has 4 nitrogen and oxygen atoms in total. The SMILES string of the molecule is O=C(c1ccc(-c2cc(C(F)(F)F)cc(C(F)(F)F)c2)c(-c2ccc(OCC(F)(F)F)cc2)c1)N1CCC(c2cccnc2)C1. The monoisotopic (exact) mass is 638 g/mol. The molecule has 1 amide bonds. The fourth-order valence-electron chi connectivity index (χ4n) is 5.19. The minimum absolute atomic E-state index is 0.0138. The van der Waals surface area contributed by atoms with Crippen LogP contribution in [-0.4, -0.2) is 41.7 Å². The van der Waals surface area contributed by atoms with Gasteiger partial charge in [-0.2, -0.15) is 39.5 Å². The third-order valence-electron chi connectivity index (χ3n) is 7.36. The average molecular weight is 639 g/mol. The molecule has 1 aromatic heterocycles. The molecule has 1 saturated heterocycles. The van der Waals surface area contributed by atoms with Crippen molar-refractivity contribution < 1.29 is 49.0 Å². The summed E-state index contributed by atoms with van der Waals surface area (Å²) in [5.41, 5.74) is -2.12. The maximum absolute atomic E-state index is 13.7. The van der Waals surface area contributed by atoms with E-state index in [2.05, 4.69) is 4.98 Å². The lowest BCUT2D eigenvalue weighted by Gasteiger charge is -2.20. The van der Waals surface area contributed by atoms with Crippen molar-refractivity contribution in [3.05, 3.63) is 107 Å². The lowest BCUT2D eigenvalue weighted by Crippen LogP contribution is -2.28. The summed E-state index contributed by atoms with van der Waals surface area (Å²) in [6.45, 7) is -0.791. The fraction of sp³-hybridized carbons (Fsp3) is 0.250. The van der Waals surface area contributed by atoms with Gasteiger partial charge >= 0.3 is 18.5 Å². The van der Waals surface area contributed by atoms with E-state index in [1.807, 2.05) is 6.07 Å². The van der Waals surface area contributed by atoms with Gasteiger partial charge in [-0.05, 0) is 82.8 Å². The van der Waals surface area contributed by atoms with Gasteiger partial charge in [0.25, 0.3) is 5.91 Å². The van der Waals surface area contributed by atoms with E-state index in [1.54, 1.807) is 23.4 Å². The van der Waals surface area contributed by atoms with Gasteiger partial charge in [-0.1, -0.05) is 24.3 Å². The summed E-state index contributed by atoms with van der Waals surface area (Å²) in [4.78, 5) is 19.2. The van der Waals surface area contributed by atoms with Crippen LogP contribution in [0.4, 0.5) is 39.5 Å². The zero-order valence-electron chi connectivity index (χ0n) is 23.1. The van der Waals surface area contributed by atoms with Crippen LogP contribution in [0.1, 0.15) is 39.4 Å². The number of hydrogen-bond acceptors (Lipinski definition) is 3. The van der Waals surface area contributed by atoms with Crippen LogP contribution >= 0.6 is 0 Å². The second-order valence-electron chi connectivity index (χ2n) is 10.5. The molecule has 0 bridgehead atoms. The summed E-state index contributed by atoms with van der Waals surface area (Å²) < 4.78 is 124. The van der Waals surface area contributed by atoms with E-state index in [0.29, 0.717) is 31.6 Å². The Morgan fingerprint density at radius 2 is 1.47 bits per heavy atom. The number of aromatic nitrogens is 1. The Morgan fingerprint density at radius 1 is 0.800 bits per heavy atom. The van der Waals surface area contributed by atoms with Crippen molar-refractivity contribution in [1.29, 1.82) is 0 Å². The minimum Gasteiger partial charge on any atom is -0.484 e. The van der Waals surface area contributed by atoms with Crippen LogP contribution in [0.15, 0.2) is 85.2 Å². The first-order valence-corrected chi connectivity index (χ1v) is 13.5.